The van der Waals surface area contributed by atoms with Crippen molar-refractivity contribution in [2.75, 3.05) is 12.3 Å². The van der Waals surface area contributed by atoms with Gasteiger partial charge in [-0.15, -0.1) is 0 Å². The van der Waals surface area contributed by atoms with Crippen molar-refractivity contribution in [1.82, 2.24) is 15.3 Å². The van der Waals surface area contributed by atoms with Gasteiger partial charge in [-0.25, -0.2) is 9.97 Å². The lowest BCUT2D eigenvalue weighted by Gasteiger charge is -2.19. The zero-order valence-electron chi connectivity index (χ0n) is 15.5. The van der Waals surface area contributed by atoms with Crippen LogP contribution in [-0.2, 0) is 0 Å². The monoisotopic (exact) mass is 342 g/mol. The van der Waals surface area contributed by atoms with Crippen LogP contribution in [0.15, 0.2) is 24.3 Å². The van der Waals surface area contributed by atoms with E-state index in [1.165, 1.54) is 5.56 Å². The van der Waals surface area contributed by atoms with Gasteiger partial charge in [-0.1, -0.05) is 26.0 Å². The van der Waals surface area contributed by atoms with Gasteiger partial charge in [0.1, 0.15) is 11.9 Å². The minimum atomic E-state index is -0.438. The maximum Gasteiger partial charge on any atom is 0.255 e. The molecular weight excluding hydrogens is 316 g/mol. The molecule has 0 saturated heterocycles. The van der Waals surface area contributed by atoms with Gasteiger partial charge in [0.15, 0.2) is 0 Å². The largest absolute Gasteiger partial charge is 0.484 e. The molecule has 2 rings (SSSR count). The Morgan fingerprint density at radius 3 is 2.40 bits per heavy atom. The number of nitrogens with zero attached hydrogens (tertiary/aromatic N) is 2. The molecule has 1 atom stereocenters. The minimum Gasteiger partial charge on any atom is -0.484 e. The standard InChI is InChI=1S/C19H26N4O2/c1-6-21-18(24)16-12(4)22-19(20)23-17(16)13(5)25-15-9-7-14(8-10-15)11(2)3/h7-11,13H,6H2,1-5H3,(H,21,24)(H2,20,22,23). The molecule has 0 bridgehead atoms. The lowest BCUT2D eigenvalue weighted by atomic mass is 10.0. The van der Waals surface area contributed by atoms with Gasteiger partial charge >= 0.3 is 0 Å². The molecule has 2 aromatic rings. The summed E-state index contributed by atoms with van der Waals surface area (Å²) < 4.78 is 5.99. The van der Waals surface area contributed by atoms with Crippen molar-refractivity contribution in [3.63, 3.8) is 0 Å². The SMILES string of the molecule is CCNC(=O)c1c(C)nc(N)nc1C(C)Oc1ccc(C(C)C)cc1. The van der Waals surface area contributed by atoms with E-state index in [4.69, 9.17) is 10.5 Å². The Morgan fingerprint density at radius 2 is 1.84 bits per heavy atom. The van der Waals surface area contributed by atoms with Crippen molar-refractivity contribution >= 4 is 11.9 Å². The number of nitrogens with two attached hydrogens (primary N) is 1. The molecule has 0 saturated carbocycles. The van der Waals surface area contributed by atoms with Gasteiger partial charge in [-0.2, -0.15) is 0 Å². The van der Waals surface area contributed by atoms with Crippen LogP contribution < -0.4 is 15.8 Å². The number of nitrogen functional groups attached to an aromatic ring is 1. The first-order valence-corrected chi connectivity index (χ1v) is 8.52. The smallest absolute Gasteiger partial charge is 0.255 e. The van der Waals surface area contributed by atoms with Crippen molar-refractivity contribution in [3.05, 3.63) is 46.8 Å². The van der Waals surface area contributed by atoms with Gasteiger partial charge in [0.2, 0.25) is 5.95 Å². The van der Waals surface area contributed by atoms with Crippen LogP contribution in [0.3, 0.4) is 0 Å². The molecule has 25 heavy (non-hydrogen) atoms. The van der Waals surface area contributed by atoms with Gasteiger partial charge in [0.25, 0.3) is 5.91 Å². The molecule has 1 aromatic heterocycles. The molecule has 3 N–H and O–H groups in total. The number of carbonyl (C=O) groups is 1. The van der Waals surface area contributed by atoms with Crippen molar-refractivity contribution in [2.45, 2.75) is 46.6 Å². The van der Waals surface area contributed by atoms with E-state index in [0.29, 0.717) is 35.2 Å². The predicted molar refractivity (Wildman–Crippen MR) is 98.8 cm³/mol. The van der Waals surface area contributed by atoms with E-state index in [1.54, 1.807) is 6.92 Å². The number of aryl methyl sites for hydroxylation is 1. The van der Waals surface area contributed by atoms with E-state index in [2.05, 4.69) is 29.1 Å². The van der Waals surface area contributed by atoms with Crippen LogP contribution in [0.2, 0.25) is 0 Å². The Balaban J connectivity index is 2.31. The van der Waals surface area contributed by atoms with Crippen LogP contribution in [0, 0.1) is 6.92 Å². The number of hydrogen-bond acceptors (Lipinski definition) is 5. The van der Waals surface area contributed by atoms with Gasteiger partial charge in [-0.3, -0.25) is 4.79 Å². The molecule has 1 amide bonds. The maximum atomic E-state index is 12.4. The number of aromatic nitrogens is 2. The van der Waals surface area contributed by atoms with Crippen LogP contribution in [-0.4, -0.2) is 22.4 Å². The van der Waals surface area contributed by atoms with Crippen molar-refractivity contribution < 1.29 is 9.53 Å². The first kappa shape index (κ1) is 18.7. The highest BCUT2D eigenvalue weighted by Gasteiger charge is 2.23. The van der Waals surface area contributed by atoms with Gasteiger partial charge in [0.05, 0.1) is 17.0 Å². The number of hydrogen-bond donors (Lipinski definition) is 2. The highest BCUT2D eigenvalue weighted by Crippen LogP contribution is 2.26. The average Bonchev–Trinajstić information content (AvgIpc) is 2.54. The summed E-state index contributed by atoms with van der Waals surface area (Å²) in [6.07, 6.45) is -0.438. The first-order valence-electron chi connectivity index (χ1n) is 8.52. The summed E-state index contributed by atoms with van der Waals surface area (Å²) in [6.45, 7) is 10.3. The number of carbonyl (C=O) groups excluding carboxylic acids is 1. The molecule has 0 aliphatic heterocycles. The normalized spacial score (nSPS) is 12.1. The summed E-state index contributed by atoms with van der Waals surface area (Å²) >= 11 is 0. The Morgan fingerprint density at radius 1 is 1.20 bits per heavy atom. The first-order chi connectivity index (χ1) is 11.8. The summed E-state index contributed by atoms with van der Waals surface area (Å²) in [6, 6.07) is 7.93. The van der Waals surface area contributed by atoms with Gasteiger partial charge in [0, 0.05) is 6.54 Å². The maximum absolute atomic E-state index is 12.4. The van der Waals surface area contributed by atoms with E-state index < -0.39 is 6.10 Å². The number of nitrogens with one attached hydrogen (secondary N) is 1. The Labute approximate surface area is 148 Å². The lowest BCUT2D eigenvalue weighted by Crippen LogP contribution is -2.27. The van der Waals surface area contributed by atoms with E-state index in [0.717, 1.165) is 0 Å². The van der Waals surface area contributed by atoms with Gasteiger partial charge in [-0.05, 0) is 44.4 Å². The lowest BCUT2D eigenvalue weighted by molar-refractivity contribution is 0.0949. The Bertz CT molecular complexity index is 742. The number of ether oxygens (including phenoxy) is 1. The predicted octanol–water partition coefficient (Wildman–Crippen LogP) is 3.38. The van der Waals surface area contributed by atoms with Crippen molar-refractivity contribution in [1.29, 1.82) is 0 Å². The summed E-state index contributed by atoms with van der Waals surface area (Å²) in [7, 11) is 0. The van der Waals surface area contributed by atoms with Crippen LogP contribution in [0.25, 0.3) is 0 Å². The molecule has 0 radical (unpaired) electrons. The fraction of sp³-hybridized carbons (Fsp3) is 0.421. The molecular formula is C19H26N4O2. The summed E-state index contributed by atoms with van der Waals surface area (Å²) in [5, 5.41) is 2.79. The van der Waals surface area contributed by atoms with Crippen molar-refractivity contribution in [2.24, 2.45) is 0 Å². The fourth-order valence-electron chi connectivity index (χ4n) is 2.63. The zero-order valence-corrected chi connectivity index (χ0v) is 15.5. The molecule has 0 fully saturated rings. The molecule has 6 heteroatoms. The number of benzene rings is 1. The second-order valence-electron chi connectivity index (χ2n) is 6.27. The Kier molecular flexibility index (Phi) is 5.96. The Hall–Kier alpha value is -2.63. The number of amides is 1. The molecule has 1 heterocycles. The number of rotatable bonds is 6. The van der Waals surface area contributed by atoms with Crippen LogP contribution >= 0.6 is 0 Å². The summed E-state index contributed by atoms with van der Waals surface area (Å²) in [4.78, 5) is 20.8. The topological polar surface area (TPSA) is 90.1 Å². The van der Waals surface area contributed by atoms with Crippen LogP contribution in [0.5, 0.6) is 5.75 Å². The quantitative estimate of drug-likeness (QED) is 0.840. The highest BCUT2D eigenvalue weighted by atomic mass is 16.5. The second kappa shape index (κ2) is 7.96. The highest BCUT2D eigenvalue weighted by molar-refractivity contribution is 5.96. The molecule has 0 aliphatic rings. The molecule has 0 aliphatic carbocycles. The van der Waals surface area contributed by atoms with E-state index in [9.17, 15) is 4.79 Å². The van der Waals surface area contributed by atoms with E-state index >= 15 is 0 Å². The second-order valence-corrected chi connectivity index (χ2v) is 6.27. The molecule has 1 unspecified atom stereocenters. The third-order valence-electron chi connectivity index (χ3n) is 3.94. The van der Waals surface area contributed by atoms with E-state index in [-0.39, 0.29) is 11.9 Å². The molecule has 134 valence electrons. The zero-order chi connectivity index (χ0) is 18.6. The van der Waals surface area contributed by atoms with E-state index in [1.807, 2.05) is 38.1 Å². The third-order valence-corrected chi connectivity index (χ3v) is 3.94. The van der Waals surface area contributed by atoms with Gasteiger partial charge < -0.3 is 15.8 Å². The minimum absolute atomic E-state index is 0.131. The molecule has 6 nitrogen and oxygen atoms in total. The van der Waals surface area contributed by atoms with Crippen LogP contribution in [0.1, 0.15) is 67.0 Å². The van der Waals surface area contributed by atoms with Crippen molar-refractivity contribution in [3.8, 4) is 5.75 Å². The average molecular weight is 342 g/mol. The summed E-state index contributed by atoms with van der Waals surface area (Å²) in [5.41, 5.74) is 8.47. The fourth-order valence-corrected chi connectivity index (χ4v) is 2.63. The summed E-state index contributed by atoms with van der Waals surface area (Å²) in [5.74, 6) is 1.08. The molecule has 0 spiro atoms. The molecule has 1 aromatic carbocycles. The number of anilines is 1. The van der Waals surface area contributed by atoms with Crippen LogP contribution in [0.4, 0.5) is 5.95 Å². The third kappa shape index (κ3) is 4.47.